The van der Waals surface area contributed by atoms with E-state index in [0.717, 1.165) is 19.0 Å². The molecule has 0 saturated heterocycles. The van der Waals surface area contributed by atoms with Crippen LogP contribution in [0.5, 0.6) is 0 Å². The van der Waals surface area contributed by atoms with Gasteiger partial charge in [-0.25, -0.2) is 0 Å². The first-order valence-corrected chi connectivity index (χ1v) is 7.39. The Labute approximate surface area is 120 Å². The molecule has 0 saturated carbocycles. The van der Waals surface area contributed by atoms with Gasteiger partial charge in [0.2, 0.25) is 0 Å². The summed E-state index contributed by atoms with van der Waals surface area (Å²) >= 11 is 1.78. The average Bonchev–Trinajstić information content (AvgIpc) is 2.75. The summed E-state index contributed by atoms with van der Waals surface area (Å²) in [4.78, 5) is 7.82. The minimum atomic E-state index is 0.0937. The maximum absolute atomic E-state index is 4.26. The third-order valence-electron chi connectivity index (χ3n) is 3.51. The Morgan fingerprint density at radius 3 is 2.53 bits per heavy atom. The fourth-order valence-corrected chi connectivity index (χ4v) is 2.27. The predicted molar refractivity (Wildman–Crippen MR) is 85.0 cm³/mol. The molecule has 2 N–H and O–H groups in total. The van der Waals surface area contributed by atoms with E-state index in [0.29, 0.717) is 0 Å². The molecule has 1 aromatic heterocycles. The minimum Gasteiger partial charge on any atom is -0.355 e. The van der Waals surface area contributed by atoms with Crippen molar-refractivity contribution in [3.05, 3.63) is 21.9 Å². The van der Waals surface area contributed by atoms with Crippen molar-refractivity contribution in [2.75, 3.05) is 27.7 Å². The van der Waals surface area contributed by atoms with Crippen LogP contribution < -0.4 is 10.6 Å². The molecule has 0 aliphatic rings. The van der Waals surface area contributed by atoms with Crippen LogP contribution in [0.3, 0.4) is 0 Å². The third-order valence-corrected chi connectivity index (χ3v) is 4.53. The molecule has 0 aliphatic carbocycles. The fraction of sp³-hybridized carbons (Fsp3) is 0.643. The van der Waals surface area contributed by atoms with E-state index in [1.165, 1.54) is 10.4 Å². The molecule has 4 nitrogen and oxygen atoms in total. The second-order valence-electron chi connectivity index (χ2n) is 5.51. The Balaban J connectivity index is 2.46. The quantitative estimate of drug-likeness (QED) is 0.641. The molecule has 19 heavy (non-hydrogen) atoms. The monoisotopic (exact) mass is 282 g/mol. The highest BCUT2D eigenvalue weighted by atomic mass is 32.1. The van der Waals surface area contributed by atoms with Crippen molar-refractivity contribution in [2.45, 2.75) is 32.9 Å². The molecule has 0 aromatic carbocycles. The lowest BCUT2D eigenvalue weighted by Crippen LogP contribution is -2.50. The van der Waals surface area contributed by atoms with Gasteiger partial charge in [0.05, 0.1) is 6.54 Å². The van der Waals surface area contributed by atoms with Gasteiger partial charge in [-0.2, -0.15) is 0 Å². The second-order valence-corrected chi connectivity index (χ2v) is 6.51. The van der Waals surface area contributed by atoms with Crippen molar-refractivity contribution in [1.82, 2.24) is 15.5 Å². The number of hydrogen-bond acceptors (Lipinski definition) is 3. The molecule has 0 radical (unpaired) electrons. The van der Waals surface area contributed by atoms with Gasteiger partial charge >= 0.3 is 0 Å². The summed E-state index contributed by atoms with van der Waals surface area (Å²) in [5.41, 5.74) is 1.43. The van der Waals surface area contributed by atoms with Crippen LogP contribution in [0.2, 0.25) is 0 Å². The van der Waals surface area contributed by atoms with Gasteiger partial charge in [-0.3, -0.25) is 4.99 Å². The van der Waals surface area contributed by atoms with Crippen LogP contribution in [0.25, 0.3) is 0 Å². The van der Waals surface area contributed by atoms with Crippen molar-refractivity contribution in [2.24, 2.45) is 4.99 Å². The maximum atomic E-state index is 4.26. The number of nitrogens with zero attached hydrogens (tertiary/aromatic N) is 2. The van der Waals surface area contributed by atoms with Crippen LogP contribution >= 0.6 is 11.3 Å². The molecule has 0 amide bonds. The minimum absolute atomic E-state index is 0.0937. The lowest BCUT2D eigenvalue weighted by Gasteiger charge is -2.33. The number of guanidine groups is 1. The van der Waals surface area contributed by atoms with Crippen LogP contribution in [-0.4, -0.2) is 44.1 Å². The van der Waals surface area contributed by atoms with E-state index < -0.39 is 0 Å². The molecule has 0 fully saturated rings. The number of thiophene rings is 1. The smallest absolute Gasteiger partial charge is 0.191 e. The molecule has 1 aromatic rings. The zero-order valence-corrected chi connectivity index (χ0v) is 13.7. The molecule has 0 spiro atoms. The first-order valence-electron chi connectivity index (χ1n) is 6.51. The van der Waals surface area contributed by atoms with Crippen LogP contribution in [0, 0.1) is 6.92 Å². The van der Waals surface area contributed by atoms with Gasteiger partial charge < -0.3 is 15.5 Å². The molecule has 0 unspecified atom stereocenters. The van der Waals surface area contributed by atoms with E-state index in [1.54, 1.807) is 18.4 Å². The normalized spacial score (nSPS) is 12.9. The maximum Gasteiger partial charge on any atom is 0.191 e. The van der Waals surface area contributed by atoms with Crippen molar-refractivity contribution in [1.29, 1.82) is 0 Å². The number of aryl methyl sites for hydroxylation is 1. The Morgan fingerprint density at radius 2 is 2.05 bits per heavy atom. The van der Waals surface area contributed by atoms with Gasteiger partial charge in [0.1, 0.15) is 0 Å². The molecule has 108 valence electrons. The lowest BCUT2D eigenvalue weighted by molar-refractivity contribution is 0.197. The van der Waals surface area contributed by atoms with E-state index in [-0.39, 0.29) is 5.54 Å². The molecule has 5 heteroatoms. The van der Waals surface area contributed by atoms with E-state index >= 15 is 0 Å². The Morgan fingerprint density at radius 1 is 1.37 bits per heavy atom. The predicted octanol–water partition coefficient (Wildman–Crippen LogP) is 2.06. The number of hydrogen-bond donors (Lipinski definition) is 2. The average molecular weight is 282 g/mol. The molecule has 0 atom stereocenters. The number of aliphatic imine (C=N–C) groups is 1. The zero-order valence-electron chi connectivity index (χ0n) is 12.9. The number of likely N-dealkylation sites (N-methyl/N-ethyl adjacent to an activating group) is 1. The lowest BCUT2D eigenvalue weighted by atomic mass is 10.0. The Bertz CT molecular complexity index is 421. The SMILES string of the molecule is CN=C(NCc1sccc1C)NCC(C)(C)N(C)C. The Kier molecular flexibility index (Phi) is 5.82. The van der Waals surface area contributed by atoms with Crippen LogP contribution in [0.15, 0.2) is 16.4 Å². The fourth-order valence-electron chi connectivity index (χ4n) is 1.43. The summed E-state index contributed by atoms with van der Waals surface area (Å²) in [6, 6.07) is 2.15. The van der Waals surface area contributed by atoms with Crippen molar-refractivity contribution >= 4 is 17.3 Å². The molecular formula is C14H26N4S. The van der Waals surface area contributed by atoms with Crippen LogP contribution in [0.4, 0.5) is 0 Å². The zero-order chi connectivity index (χ0) is 14.5. The summed E-state index contributed by atoms with van der Waals surface area (Å²) in [5.74, 6) is 0.850. The third kappa shape index (κ3) is 4.84. The molecule has 0 aliphatic heterocycles. The van der Waals surface area contributed by atoms with Gasteiger partial charge in [0, 0.05) is 24.0 Å². The summed E-state index contributed by atoms with van der Waals surface area (Å²) in [6.45, 7) is 8.22. The summed E-state index contributed by atoms with van der Waals surface area (Å²) in [6.07, 6.45) is 0. The van der Waals surface area contributed by atoms with Crippen molar-refractivity contribution in [3.63, 3.8) is 0 Å². The second kappa shape index (κ2) is 6.91. The van der Waals surface area contributed by atoms with E-state index in [9.17, 15) is 0 Å². The molecular weight excluding hydrogens is 256 g/mol. The number of rotatable bonds is 5. The highest BCUT2D eigenvalue weighted by molar-refractivity contribution is 7.10. The summed E-state index contributed by atoms with van der Waals surface area (Å²) in [5, 5.41) is 8.85. The van der Waals surface area contributed by atoms with Gasteiger partial charge in [-0.05, 0) is 51.9 Å². The largest absolute Gasteiger partial charge is 0.355 e. The highest BCUT2D eigenvalue weighted by Gasteiger charge is 2.20. The van der Waals surface area contributed by atoms with Crippen LogP contribution in [0.1, 0.15) is 24.3 Å². The number of nitrogens with one attached hydrogen (secondary N) is 2. The molecule has 0 bridgehead atoms. The van der Waals surface area contributed by atoms with Crippen molar-refractivity contribution in [3.8, 4) is 0 Å². The van der Waals surface area contributed by atoms with Crippen LogP contribution in [-0.2, 0) is 6.54 Å². The summed E-state index contributed by atoms with van der Waals surface area (Å²) < 4.78 is 0. The Hall–Kier alpha value is -1.07. The van der Waals surface area contributed by atoms with E-state index in [4.69, 9.17) is 0 Å². The first-order chi connectivity index (χ1) is 8.86. The van der Waals surface area contributed by atoms with Gasteiger partial charge in [-0.1, -0.05) is 0 Å². The van der Waals surface area contributed by atoms with E-state index in [1.807, 2.05) is 0 Å². The molecule has 1 heterocycles. The first kappa shape index (κ1) is 16.0. The standard InChI is InChI=1S/C14H26N4S/c1-11-7-8-19-12(11)9-16-13(15-4)17-10-14(2,3)18(5)6/h7-8H,9-10H2,1-6H3,(H2,15,16,17). The molecule has 1 rings (SSSR count). The van der Waals surface area contributed by atoms with Gasteiger partial charge in [0.25, 0.3) is 0 Å². The van der Waals surface area contributed by atoms with Gasteiger partial charge in [0.15, 0.2) is 5.96 Å². The van der Waals surface area contributed by atoms with E-state index in [2.05, 4.69) is 66.8 Å². The van der Waals surface area contributed by atoms with Crippen molar-refractivity contribution < 1.29 is 0 Å². The summed E-state index contributed by atoms with van der Waals surface area (Å²) in [7, 11) is 5.99. The topological polar surface area (TPSA) is 39.7 Å². The van der Waals surface area contributed by atoms with Gasteiger partial charge in [-0.15, -0.1) is 11.3 Å². The highest BCUT2D eigenvalue weighted by Crippen LogP contribution is 2.14.